The Morgan fingerprint density at radius 1 is 1.38 bits per heavy atom. The standard InChI is InChI=1S/C14H23N5O2/c1-14(2,3)10-4-6-18(7-5-10)13-9-11(19(20)21)8-12(16-13)17-15/h8-10H,4-7,15H2,1-3H3,(H,16,17). The van der Waals surface area contributed by atoms with Crippen LogP contribution in [0.2, 0.25) is 0 Å². The fourth-order valence-electron chi connectivity index (χ4n) is 2.82. The lowest BCUT2D eigenvalue weighted by Gasteiger charge is -2.39. The van der Waals surface area contributed by atoms with Gasteiger partial charge in [0.25, 0.3) is 5.69 Å². The van der Waals surface area contributed by atoms with Crippen molar-refractivity contribution >= 4 is 17.3 Å². The number of nitrogens with two attached hydrogens (primary N) is 1. The summed E-state index contributed by atoms with van der Waals surface area (Å²) >= 11 is 0. The van der Waals surface area contributed by atoms with Crippen LogP contribution < -0.4 is 16.2 Å². The van der Waals surface area contributed by atoms with E-state index in [1.54, 1.807) is 0 Å². The summed E-state index contributed by atoms with van der Waals surface area (Å²) in [7, 11) is 0. The quantitative estimate of drug-likeness (QED) is 0.505. The molecule has 1 aliphatic rings. The summed E-state index contributed by atoms with van der Waals surface area (Å²) in [5.74, 6) is 6.94. The van der Waals surface area contributed by atoms with Gasteiger partial charge in [0.05, 0.1) is 17.1 Å². The van der Waals surface area contributed by atoms with Crippen molar-refractivity contribution in [3.63, 3.8) is 0 Å². The van der Waals surface area contributed by atoms with E-state index in [2.05, 4.69) is 36.1 Å². The van der Waals surface area contributed by atoms with Crippen LogP contribution in [-0.4, -0.2) is 23.0 Å². The fourth-order valence-corrected chi connectivity index (χ4v) is 2.82. The summed E-state index contributed by atoms with van der Waals surface area (Å²) < 4.78 is 0. The molecule has 116 valence electrons. The fraction of sp³-hybridized carbons (Fsp3) is 0.643. The highest BCUT2D eigenvalue weighted by Gasteiger charge is 2.29. The molecule has 3 N–H and O–H groups in total. The van der Waals surface area contributed by atoms with Gasteiger partial charge < -0.3 is 10.3 Å². The van der Waals surface area contributed by atoms with Crippen LogP contribution in [0, 0.1) is 21.4 Å². The van der Waals surface area contributed by atoms with Gasteiger partial charge in [0.15, 0.2) is 0 Å². The molecule has 1 fully saturated rings. The van der Waals surface area contributed by atoms with Gasteiger partial charge in [-0.25, -0.2) is 10.8 Å². The van der Waals surface area contributed by atoms with Crippen LogP contribution in [0.25, 0.3) is 0 Å². The van der Waals surface area contributed by atoms with E-state index in [1.807, 2.05) is 0 Å². The van der Waals surface area contributed by atoms with Crippen molar-refractivity contribution in [1.29, 1.82) is 0 Å². The molecule has 0 amide bonds. The third-order valence-electron chi connectivity index (χ3n) is 4.20. The molecular weight excluding hydrogens is 270 g/mol. The molecule has 7 heteroatoms. The molecule has 1 aliphatic heterocycles. The van der Waals surface area contributed by atoms with Gasteiger partial charge in [0.2, 0.25) is 0 Å². The van der Waals surface area contributed by atoms with Crippen LogP contribution in [0.15, 0.2) is 12.1 Å². The van der Waals surface area contributed by atoms with E-state index in [0.717, 1.165) is 25.9 Å². The number of hydrogen-bond donors (Lipinski definition) is 2. The van der Waals surface area contributed by atoms with Crippen molar-refractivity contribution in [3.05, 3.63) is 22.2 Å². The summed E-state index contributed by atoms with van der Waals surface area (Å²) in [5, 5.41) is 11.0. The molecule has 0 atom stereocenters. The number of nitrogen functional groups attached to an aromatic ring is 1. The Morgan fingerprint density at radius 3 is 2.48 bits per heavy atom. The van der Waals surface area contributed by atoms with Crippen LogP contribution >= 0.6 is 0 Å². The molecule has 0 bridgehead atoms. The predicted molar refractivity (Wildman–Crippen MR) is 83.1 cm³/mol. The zero-order valence-corrected chi connectivity index (χ0v) is 12.8. The summed E-state index contributed by atoms with van der Waals surface area (Å²) in [6.45, 7) is 8.50. The van der Waals surface area contributed by atoms with Crippen molar-refractivity contribution in [2.45, 2.75) is 33.6 Å². The summed E-state index contributed by atoms with van der Waals surface area (Å²) in [6.07, 6.45) is 2.14. The molecule has 1 aromatic rings. The number of nitrogens with zero attached hydrogens (tertiary/aromatic N) is 3. The second kappa shape index (κ2) is 5.85. The number of nitrogens with one attached hydrogen (secondary N) is 1. The van der Waals surface area contributed by atoms with E-state index in [9.17, 15) is 10.1 Å². The largest absolute Gasteiger partial charge is 0.356 e. The normalized spacial score (nSPS) is 16.9. The maximum Gasteiger partial charge on any atom is 0.276 e. The number of rotatable bonds is 3. The van der Waals surface area contributed by atoms with E-state index in [-0.39, 0.29) is 5.69 Å². The minimum atomic E-state index is -0.423. The average molecular weight is 293 g/mol. The lowest BCUT2D eigenvalue weighted by molar-refractivity contribution is -0.384. The first-order valence-electron chi connectivity index (χ1n) is 7.19. The molecule has 1 saturated heterocycles. The third-order valence-corrected chi connectivity index (χ3v) is 4.20. The molecule has 2 heterocycles. The number of aromatic nitrogens is 1. The monoisotopic (exact) mass is 293 g/mol. The van der Waals surface area contributed by atoms with Crippen molar-refractivity contribution in [3.8, 4) is 0 Å². The Hall–Kier alpha value is -1.89. The topological polar surface area (TPSA) is 97.3 Å². The van der Waals surface area contributed by atoms with Gasteiger partial charge in [-0.3, -0.25) is 10.1 Å². The smallest absolute Gasteiger partial charge is 0.276 e. The highest BCUT2D eigenvalue weighted by molar-refractivity contribution is 5.55. The van der Waals surface area contributed by atoms with E-state index in [0.29, 0.717) is 23.0 Å². The summed E-state index contributed by atoms with van der Waals surface area (Å²) in [5.41, 5.74) is 2.70. The van der Waals surface area contributed by atoms with Gasteiger partial charge in [0, 0.05) is 13.1 Å². The molecule has 0 radical (unpaired) electrons. The maximum atomic E-state index is 11.0. The first-order chi connectivity index (χ1) is 9.81. The molecule has 0 spiro atoms. The molecule has 0 saturated carbocycles. The van der Waals surface area contributed by atoms with E-state index >= 15 is 0 Å². The van der Waals surface area contributed by atoms with Crippen LogP contribution in [0.5, 0.6) is 0 Å². The molecule has 0 aliphatic carbocycles. The maximum absolute atomic E-state index is 11.0. The van der Waals surface area contributed by atoms with Crippen molar-refractivity contribution < 1.29 is 4.92 Å². The number of anilines is 2. The van der Waals surface area contributed by atoms with Crippen LogP contribution in [-0.2, 0) is 0 Å². The first kappa shape index (κ1) is 15.5. The molecule has 0 unspecified atom stereocenters. The van der Waals surface area contributed by atoms with Gasteiger partial charge in [0.1, 0.15) is 11.6 Å². The predicted octanol–water partition coefficient (Wildman–Crippen LogP) is 2.54. The van der Waals surface area contributed by atoms with Crippen LogP contribution in [0.4, 0.5) is 17.3 Å². The average Bonchev–Trinajstić information content (AvgIpc) is 2.46. The Labute approximate surface area is 124 Å². The molecule has 0 aromatic carbocycles. The summed E-state index contributed by atoms with van der Waals surface area (Å²) in [4.78, 5) is 17.0. The van der Waals surface area contributed by atoms with Gasteiger partial charge >= 0.3 is 0 Å². The first-order valence-corrected chi connectivity index (χ1v) is 7.19. The Bertz CT molecular complexity index is 519. The van der Waals surface area contributed by atoms with Crippen molar-refractivity contribution in [2.75, 3.05) is 23.4 Å². The zero-order chi connectivity index (χ0) is 15.6. The number of nitro groups is 1. The zero-order valence-electron chi connectivity index (χ0n) is 12.8. The van der Waals surface area contributed by atoms with E-state index in [4.69, 9.17) is 5.84 Å². The third kappa shape index (κ3) is 3.60. The Kier molecular flexibility index (Phi) is 4.32. The Balaban J connectivity index is 2.16. The molecule has 21 heavy (non-hydrogen) atoms. The van der Waals surface area contributed by atoms with Crippen LogP contribution in [0.3, 0.4) is 0 Å². The van der Waals surface area contributed by atoms with E-state index in [1.165, 1.54) is 12.1 Å². The Morgan fingerprint density at radius 2 is 2.00 bits per heavy atom. The van der Waals surface area contributed by atoms with Gasteiger partial charge in [-0.05, 0) is 24.2 Å². The highest BCUT2D eigenvalue weighted by Crippen LogP contribution is 2.35. The summed E-state index contributed by atoms with van der Waals surface area (Å²) in [6, 6.07) is 2.85. The SMILES string of the molecule is CC(C)(C)C1CCN(c2cc([N+](=O)[O-])cc(NN)n2)CC1. The molecular formula is C14H23N5O2. The second-order valence-electron chi connectivity index (χ2n) is 6.60. The molecule has 2 rings (SSSR count). The lowest BCUT2D eigenvalue weighted by Crippen LogP contribution is -2.38. The number of hydrazine groups is 1. The number of pyridine rings is 1. The second-order valence-corrected chi connectivity index (χ2v) is 6.60. The van der Waals surface area contributed by atoms with Crippen molar-refractivity contribution in [1.82, 2.24) is 4.98 Å². The lowest BCUT2D eigenvalue weighted by atomic mass is 9.75. The van der Waals surface area contributed by atoms with Gasteiger partial charge in [-0.1, -0.05) is 20.8 Å². The van der Waals surface area contributed by atoms with Gasteiger partial charge in [-0.2, -0.15) is 0 Å². The van der Waals surface area contributed by atoms with E-state index < -0.39 is 4.92 Å². The molecule has 1 aromatic heterocycles. The van der Waals surface area contributed by atoms with Crippen molar-refractivity contribution in [2.24, 2.45) is 17.2 Å². The van der Waals surface area contributed by atoms with Gasteiger partial charge in [-0.15, -0.1) is 0 Å². The number of hydrogen-bond acceptors (Lipinski definition) is 6. The van der Waals surface area contributed by atoms with Crippen LogP contribution in [0.1, 0.15) is 33.6 Å². The minimum Gasteiger partial charge on any atom is -0.356 e. The highest BCUT2D eigenvalue weighted by atomic mass is 16.6. The number of piperidine rings is 1. The molecule has 7 nitrogen and oxygen atoms in total. The minimum absolute atomic E-state index is 0.00546.